The number of nitrogens with one attached hydrogen (secondary N) is 2. The van der Waals surface area contributed by atoms with Gasteiger partial charge in [-0.1, -0.05) is 34.1 Å². The Labute approximate surface area is 149 Å². The van der Waals surface area contributed by atoms with Crippen LogP contribution in [0.3, 0.4) is 0 Å². The average Bonchev–Trinajstić information content (AvgIpc) is 2.52. The van der Waals surface area contributed by atoms with Gasteiger partial charge < -0.3 is 15.7 Å². The molecule has 0 spiro atoms. The molecule has 0 aliphatic heterocycles. The maximum Gasteiger partial charge on any atom is 0.326 e. The van der Waals surface area contributed by atoms with Crippen LogP contribution >= 0.6 is 0 Å². The molecular weight excluding hydrogens is 320 g/mol. The molecule has 0 fully saturated rings. The van der Waals surface area contributed by atoms with Crippen molar-refractivity contribution in [1.29, 1.82) is 0 Å². The minimum absolute atomic E-state index is 0.0713. The Morgan fingerprint density at radius 3 is 2.28 bits per heavy atom. The van der Waals surface area contributed by atoms with Crippen molar-refractivity contribution in [3.63, 3.8) is 0 Å². The van der Waals surface area contributed by atoms with Gasteiger partial charge in [0, 0.05) is 17.7 Å². The number of hydrogen-bond donors (Lipinski definition) is 3. The zero-order valence-electron chi connectivity index (χ0n) is 15.6. The van der Waals surface area contributed by atoms with Gasteiger partial charge in [0.1, 0.15) is 6.04 Å². The maximum absolute atomic E-state index is 12.3. The molecule has 3 N–H and O–H groups in total. The van der Waals surface area contributed by atoms with E-state index < -0.39 is 17.9 Å². The fourth-order valence-electron chi connectivity index (χ4n) is 2.42. The number of amides is 2. The molecule has 2 amide bonds. The molecule has 0 bridgehead atoms. The third-order valence-electron chi connectivity index (χ3n) is 4.12. The molecule has 2 atom stereocenters. The van der Waals surface area contributed by atoms with Crippen molar-refractivity contribution in [2.75, 3.05) is 5.32 Å². The number of aryl methyl sites for hydroxylation is 1. The van der Waals surface area contributed by atoms with Crippen LogP contribution < -0.4 is 10.6 Å². The first-order valence-corrected chi connectivity index (χ1v) is 8.59. The Hall–Kier alpha value is -2.37. The molecule has 1 aromatic carbocycles. The van der Waals surface area contributed by atoms with Crippen LogP contribution in [0.4, 0.5) is 5.69 Å². The van der Waals surface area contributed by atoms with Crippen molar-refractivity contribution < 1.29 is 19.5 Å². The highest BCUT2D eigenvalue weighted by molar-refractivity contribution is 5.98. The van der Waals surface area contributed by atoms with Gasteiger partial charge in [0.2, 0.25) is 5.91 Å². The van der Waals surface area contributed by atoms with Gasteiger partial charge >= 0.3 is 5.97 Å². The molecule has 0 heterocycles. The minimum Gasteiger partial charge on any atom is -0.480 e. The molecule has 1 rings (SSSR count). The van der Waals surface area contributed by atoms with E-state index in [2.05, 4.69) is 10.6 Å². The summed E-state index contributed by atoms with van der Waals surface area (Å²) in [5.74, 6) is -1.46. The summed E-state index contributed by atoms with van der Waals surface area (Å²) < 4.78 is 0. The van der Waals surface area contributed by atoms with Crippen molar-refractivity contribution in [3.8, 4) is 0 Å². The summed E-state index contributed by atoms with van der Waals surface area (Å²) >= 11 is 0. The SMILES string of the molecule is CC[C@H](C)[C@H](NC(=O)c1ccc(NC(=O)CC(C)C)c(C)c1)C(=O)O. The van der Waals surface area contributed by atoms with E-state index in [1.54, 1.807) is 32.0 Å². The highest BCUT2D eigenvalue weighted by atomic mass is 16.4. The van der Waals surface area contributed by atoms with E-state index in [1.807, 2.05) is 20.8 Å². The normalized spacial score (nSPS) is 13.2. The number of anilines is 1. The van der Waals surface area contributed by atoms with E-state index in [9.17, 15) is 19.5 Å². The minimum atomic E-state index is -1.04. The summed E-state index contributed by atoms with van der Waals surface area (Å²) in [6.45, 7) is 9.40. The topological polar surface area (TPSA) is 95.5 Å². The Bertz CT molecular complexity index is 640. The standard InChI is InChI=1S/C19H28N2O4/c1-6-12(4)17(19(24)25)21-18(23)14-7-8-15(13(5)10-14)20-16(22)9-11(2)3/h7-8,10-12,17H,6,9H2,1-5H3,(H,20,22)(H,21,23)(H,24,25)/t12-,17-/m0/s1. The van der Waals surface area contributed by atoms with Crippen LogP contribution in [0.1, 0.15) is 56.5 Å². The number of carbonyl (C=O) groups excluding carboxylic acids is 2. The van der Waals surface area contributed by atoms with Gasteiger partial charge in [-0.05, 0) is 42.5 Å². The molecule has 25 heavy (non-hydrogen) atoms. The number of rotatable bonds is 8. The fraction of sp³-hybridized carbons (Fsp3) is 0.526. The van der Waals surface area contributed by atoms with Crippen LogP contribution in [0.2, 0.25) is 0 Å². The van der Waals surface area contributed by atoms with Crippen LogP contribution in [-0.4, -0.2) is 28.9 Å². The summed E-state index contributed by atoms with van der Waals surface area (Å²) in [6, 6.07) is 3.98. The van der Waals surface area contributed by atoms with Crippen LogP contribution in [0.25, 0.3) is 0 Å². The van der Waals surface area contributed by atoms with Gasteiger partial charge in [0.25, 0.3) is 5.91 Å². The van der Waals surface area contributed by atoms with E-state index in [0.717, 1.165) is 5.56 Å². The largest absolute Gasteiger partial charge is 0.480 e. The summed E-state index contributed by atoms with van der Waals surface area (Å²) in [6.07, 6.45) is 1.08. The molecular formula is C19H28N2O4. The monoisotopic (exact) mass is 348 g/mol. The second-order valence-corrected chi connectivity index (χ2v) is 6.85. The van der Waals surface area contributed by atoms with Gasteiger partial charge in [0.15, 0.2) is 0 Å². The number of benzene rings is 1. The smallest absolute Gasteiger partial charge is 0.326 e. The molecule has 0 unspecified atom stereocenters. The molecule has 0 radical (unpaired) electrons. The quantitative estimate of drug-likeness (QED) is 0.672. The van der Waals surface area contributed by atoms with Crippen LogP contribution in [-0.2, 0) is 9.59 Å². The van der Waals surface area contributed by atoms with Crippen molar-refractivity contribution in [3.05, 3.63) is 29.3 Å². The first kappa shape index (κ1) is 20.7. The molecule has 0 aliphatic carbocycles. The molecule has 138 valence electrons. The van der Waals surface area contributed by atoms with Crippen molar-refractivity contribution in [1.82, 2.24) is 5.32 Å². The van der Waals surface area contributed by atoms with Crippen molar-refractivity contribution in [2.45, 2.75) is 53.5 Å². The molecule has 6 heteroatoms. The lowest BCUT2D eigenvalue weighted by molar-refractivity contribution is -0.140. The van der Waals surface area contributed by atoms with Crippen LogP contribution in [0, 0.1) is 18.8 Å². The summed E-state index contributed by atoms with van der Waals surface area (Å²) in [5.41, 5.74) is 1.77. The lowest BCUT2D eigenvalue weighted by atomic mass is 9.98. The predicted molar refractivity (Wildman–Crippen MR) is 97.6 cm³/mol. The number of carboxylic acid groups (broad SMARTS) is 1. The van der Waals surface area contributed by atoms with E-state index >= 15 is 0 Å². The third-order valence-corrected chi connectivity index (χ3v) is 4.12. The summed E-state index contributed by atoms with van der Waals surface area (Å²) in [5, 5.41) is 14.7. The maximum atomic E-state index is 12.3. The second kappa shape index (κ2) is 9.20. The van der Waals surface area contributed by atoms with E-state index in [0.29, 0.717) is 24.1 Å². The Balaban J connectivity index is 2.86. The Morgan fingerprint density at radius 1 is 1.16 bits per heavy atom. The molecule has 6 nitrogen and oxygen atoms in total. The number of carboxylic acids is 1. The van der Waals surface area contributed by atoms with Crippen LogP contribution in [0.15, 0.2) is 18.2 Å². The van der Waals surface area contributed by atoms with Gasteiger partial charge in [-0.3, -0.25) is 9.59 Å². The average molecular weight is 348 g/mol. The zero-order chi connectivity index (χ0) is 19.1. The van der Waals surface area contributed by atoms with Gasteiger partial charge in [-0.2, -0.15) is 0 Å². The fourth-order valence-corrected chi connectivity index (χ4v) is 2.42. The Kier molecular flexibility index (Phi) is 7.61. The van der Waals surface area contributed by atoms with Crippen molar-refractivity contribution in [2.24, 2.45) is 11.8 Å². The van der Waals surface area contributed by atoms with Crippen LogP contribution in [0.5, 0.6) is 0 Å². The molecule has 1 aromatic rings. The third kappa shape index (κ3) is 6.21. The highest BCUT2D eigenvalue weighted by Crippen LogP contribution is 2.18. The van der Waals surface area contributed by atoms with Gasteiger partial charge in [-0.15, -0.1) is 0 Å². The molecule has 0 aliphatic rings. The second-order valence-electron chi connectivity index (χ2n) is 6.85. The number of hydrogen-bond acceptors (Lipinski definition) is 3. The first-order chi connectivity index (χ1) is 11.6. The van der Waals surface area contributed by atoms with Gasteiger partial charge in [0.05, 0.1) is 0 Å². The van der Waals surface area contributed by atoms with E-state index in [1.165, 1.54) is 0 Å². The molecule has 0 aromatic heterocycles. The highest BCUT2D eigenvalue weighted by Gasteiger charge is 2.25. The molecule has 0 saturated heterocycles. The van der Waals surface area contributed by atoms with E-state index in [4.69, 9.17) is 0 Å². The molecule has 0 saturated carbocycles. The number of carbonyl (C=O) groups is 3. The lowest BCUT2D eigenvalue weighted by Gasteiger charge is -2.20. The predicted octanol–water partition coefficient (Wildman–Crippen LogP) is 3.21. The Morgan fingerprint density at radius 2 is 1.80 bits per heavy atom. The summed E-state index contributed by atoms with van der Waals surface area (Å²) in [4.78, 5) is 35.6. The lowest BCUT2D eigenvalue weighted by Crippen LogP contribution is -2.45. The van der Waals surface area contributed by atoms with Crippen molar-refractivity contribution >= 4 is 23.5 Å². The van der Waals surface area contributed by atoms with E-state index in [-0.39, 0.29) is 17.7 Å². The first-order valence-electron chi connectivity index (χ1n) is 8.59. The summed E-state index contributed by atoms with van der Waals surface area (Å²) in [7, 11) is 0. The zero-order valence-corrected chi connectivity index (χ0v) is 15.6. The van der Waals surface area contributed by atoms with Gasteiger partial charge in [-0.25, -0.2) is 4.79 Å². The number of aliphatic carboxylic acids is 1.